The molecule has 0 radical (unpaired) electrons. The fraction of sp³-hybridized carbons (Fsp3) is 0.355. The maximum absolute atomic E-state index is 14.1. The average Bonchev–Trinajstić information content (AvgIpc) is 2.96. The first-order chi connectivity index (χ1) is 19.9. The highest BCUT2D eigenvalue weighted by Gasteiger charge is 2.34. The van der Waals surface area contributed by atoms with Crippen LogP contribution in [0.15, 0.2) is 76.1 Å². The number of rotatable bonds is 13. The lowest BCUT2D eigenvalue weighted by molar-refractivity contribution is -0.140. The molecular weight excluding hydrogens is 622 g/mol. The number of nitrogens with zero attached hydrogens (tertiary/aromatic N) is 2. The second kappa shape index (κ2) is 14.6. The number of carbonyl (C=O) groups is 2. The first-order valence-electron chi connectivity index (χ1n) is 13.6. The quantitative estimate of drug-likeness (QED) is 0.267. The summed E-state index contributed by atoms with van der Waals surface area (Å²) in [6.07, 6.45) is 0.336. The van der Waals surface area contributed by atoms with E-state index in [9.17, 15) is 18.0 Å². The molecule has 1 N–H and O–H groups in total. The van der Waals surface area contributed by atoms with E-state index in [0.29, 0.717) is 28.1 Å². The second-order valence-electron chi connectivity index (χ2n) is 10.1. The van der Waals surface area contributed by atoms with Gasteiger partial charge in [0.05, 0.1) is 29.3 Å². The van der Waals surface area contributed by atoms with Crippen molar-refractivity contribution in [1.29, 1.82) is 0 Å². The molecule has 2 amide bonds. The molecule has 1 atom stereocenters. The molecule has 0 bridgehead atoms. The Hall–Kier alpha value is -3.57. The molecule has 11 heteroatoms. The van der Waals surface area contributed by atoms with E-state index in [-0.39, 0.29) is 23.4 Å². The van der Waals surface area contributed by atoms with Crippen LogP contribution < -0.4 is 19.1 Å². The SMILES string of the molecule is CC[C@H](C(=O)NC(C)C)N(Cc1ccc(OC)cc1)C(=O)CN(c1ccc(C)cc1)S(=O)(=O)c1ccc(OC)c(Br)c1. The highest BCUT2D eigenvalue weighted by molar-refractivity contribution is 9.10. The van der Waals surface area contributed by atoms with Crippen molar-refractivity contribution in [3.8, 4) is 11.5 Å². The van der Waals surface area contributed by atoms with Crippen molar-refractivity contribution in [2.75, 3.05) is 25.1 Å². The molecule has 0 aliphatic heterocycles. The van der Waals surface area contributed by atoms with Crippen molar-refractivity contribution in [2.45, 2.75) is 57.6 Å². The maximum atomic E-state index is 14.1. The molecule has 3 rings (SSSR count). The van der Waals surface area contributed by atoms with Gasteiger partial charge in [-0.2, -0.15) is 0 Å². The standard InChI is InChI=1S/C31H38BrN3O6S/c1-7-28(31(37)33-21(2)3)34(19-23-10-14-25(40-5)15-11-23)30(36)20-35(24-12-8-22(4)9-13-24)42(38,39)26-16-17-29(41-6)27(32)18-26/h8-18,21,28H,7,19-20H2,1-6H3,(H,33,37)/t28-/m1/s1. The number of hydrogen-bond acceptors (Lipinski definition) is 6. The minimum atomic E-state index is -4.21. The number of amides is 2. The monoisotopic (exact) mass is 659 g/mol. The molecular formula is C31H38BrN3O6S. The minimum Gasteiger partial charge on any atom is -0.497 e. The van der Waals surface area contributed by atoms with Crippen molar-refractivity contribution in [3.05, 3.63) is 82.3 Å². The number of carbonyl (C=O) groups excluding carboxylic acids is 2. The Labute approximate surface area is 257 Å². The van der Waals surface area contributed by atoms with Crippen LogP contribution in [0.3, 0.4) is 0 Å². The van der Waals surface area contributed by atoms with Gasteiger partial charge in [0.2, 0.25) is 11.8 Å². The second-order valence-corrected chi connectivity index (χ2v) is 12.8. The molecule has 0 unspecified atom stereocenters. The van der Waals surface area contributed by atoms with Gasteiger partial charge in [-0.25, -0.2) is 8.42 Å². The van der Waals surface area contributed by atoms with E-state index < -0.39 is 28.5 Å². The summed E-state index contributed by atoms with van der Waals surface area (Å²) in [6.45, 7) is 6.99. The minimum absolute atomic E-state index is 0.0187. The van der Waals surface area contributed by atoms with Gasteiger partial charge in [-0.15, -0.1) is 0 Å². The van der Waals surface area contributed by atoms with Gasteiger partial charge in [0.15, 0.2) is 0 Å². The van der Waals surface area contributed by atoms with Crippen LogP contribution in [0.1, 0.15) is 38.3 Å². The van der Waals surface area contributed by atoms with Crippen LogP contribution in [-0.4, -0.2) is 58.0 Å². The number of halogens is 1. The van der Waals surface area contributed by atoms with Crippen LogP contribution in [-0.2, 0) is 26.2 Å². The summed E-state index contributed by atoms with van der Waals surface area (Å²) in [7, 11) is -1.16. The molecule has 0 heterocycles. The molecule has 9 nitrogen and oxygen atoms in total. The summed E-state index contributed by atoms with van der Waals surface area (Å²) in [5.41, 5.74) is 2.03. The largest absolute Gasteiger partial charge is 0.497 e. The van der Waals surface area contributed by atoms with Gasteiger partial charge in [0.1, 0.15) is 24.1 Å². The summed E-state index contributed by atoms with van der Waals surface area (Å²) >= 11 is 3.36. The lowest BCUT2D eigenvalue weighted by Gasteiger charge is -2.33. The number of benzene rings is 3. The van der Waals surface area contributed by atoms with E-state index in [0.717, 1.165) is 15.4 Å². The molecule has 3 aromatic rings. The van der Waals surface area contributed by atoms with Crippen molar-refractivity contribution in [3.63, 3.8) is 0 Å². The summed E-state index contributed by atoms with van der Waals surface area (Å²) < 4.78 is 40.2. The zero-order chi connectivity index (χ0) is 31.0. The fourth-order valence-electron chi connectivity index (χ4n) is 4.40. The van der Waals surface area contributed by atoms with Crippen LogP contribution in [0.2, 0.25) is 0 Å². The van der Waals surface area contributed by atoms with Crippen LogP contribution in [0, 0.1) is 6.92 Å². The van der Waals surface area contributed by atoms with Gasteiger partial charge in [-0.1, -0.05) is 36.8 Å². The predicted octanol–water partition coefficient (Wildman–Crippen LogP) is 5.30. The Morgan fingerprint density at radius 1 is 0.952 bits per heavy atom. The van der Waals surface area contributed by atoms with Crippen LogP contribution in [0.5, 0.6) is 11.5 Å². The first kappa shape index (κ1) is 32.9. The molecule has 0 spiro atoms. The van der Waals surface area contributed by atoms with Crippen LogP contribution in [0.25, 0.3) is 0 Å². The van der Waals surface area contributed by atoms with Gasteiger partial charge in [-0.3, -0.25) is 13.9 Å². The van der Waals surface area contributed by atoms with Crippen molar-refractivity contribution >= 4 is 43.5 Å². The van der Waals surface area contributed by atoms with Gasteiger partial charge >= 0.3 is 0 Å². The zero-order valence-corrected chi connectivity index (χ0v) is 27.2. The van der Waals surface area contributed by atoms with E-state index in [1.165, 1.54) is 24.1 Å². The number of sulfonamides is 1. The van der Waals surface area contributed by atoms with E-state index in [1.54, 1.807) is 49.6 Å². The lowest BCUT2D eigenvalue weighted by Crippen LogP contribution is -2.53. The number of anilines is 1. The average molecular weight is 661 g/mol. The fourth-order valence-corrected chi connectivity index (χ4v) is 6.54. The molecule has 0 aliphatic rings. The van der Waals surface area contributed by atoms with E-state index in [4.69, 9.17) is 9.47 Å². The first-order valence-corrected chi connectivity index (χ1v) is 15.8. The summed E-state index contributed by atoms with van der Waals surface area (Å²) in [5.74, 6) is 0.300. The summed E-state index contributed by atoms with van der Waals surface area (Å²) in [4.78, 5) is 28.8. The smallest absolute Gasteiger partial charge is 0.264 e. The zero-order valence-electron chi connectivity index (χ0n) is 24.8. The molecule has 226 valence electrons. The highest BCUT2D eigenvalue weighted by Crippen LogP contribution is 2.31. The Balaban J connectivity index is 2.07. The number of methoxy groups -OCH3 is 2. The van der Waals surface area contributed by atoms with Gasteiger partial charge in [0, 0.05) is 12.6 Å². The number of ether oxygens (including phenoxy) is 2. The lowest BCUT2D eigenvalue weighted by atomic mass is 10.1. The number of hydrogen-bond donors (Lipinski definition) is 1. The van der Waals surface area contributed by atoms with Gasteiger partial charge in [-0.05, 0) is 91.1 Å². The third-order valence-corrected chi connectivity index (χ3v) is 9.03. The molecule has 0 fully saturated rings. The van der Waals surface area contributed by atoms with Gasteiger partial charge in [0.25, 0.3) is 10.0 Å². The third kappa shape index (κ3) is 8.04. The number of nitrogens with one attached hydrogen (secondary N) is 1. The van der Waals surface area contributed by atoms with Crippen LogP contribution >= 0.6 is 15.9 Å². The Bertz CT molecular complexity index is 1480. The Kier molecular flexibility index (Phi) is 11.4. The van der Waals surface area contributed by atoms with E-state index in [2.05, 4.69) is 21.2 Å². The van der Waals surface area contributed by atoms with E-state index >= 15 is 0 Å². The molecule has 0 aromatic heterocycles. The summed E-state index contributed by atoms with van der Waals surface area (Å²) in [6, 6.07) is 17.5. The Morgan fingerprint density at radius 3 is 2.12 bits per heavy atom. The molecule has 0 saturated heterocycles. The Morgan fingerprint density at radius 2 is 1.60 bits per heavy atom. The van der Waals surface area contributed by atoms with Crippen LogP contribution in [0.4, 0.5) is 5.69 Å². The topological polar surface area (TPSA) is 105 Å². The molecule has 0 aliphatic carbocycles. The third-order valence-electron chi connectivity index (χ3n) is 6.64. The highest BCUT2D eigenvalue weighted by atomic mass is 79.9. The van der Waals surface area contributed by atoms with Crippen molar-refractivity contribution in [1.82, 2.24) is 10.2 Å². The van der Waals surface area contributed by atoms with Crippen molar-refractivity contribution in [2.24, 2.45) is 0 Å². The normalized spacial score (nSPS) is 12.0. The maximum Gasteiger partial charge on any atom is 0.264 e. The van der Waals surface area contributed by atoms with Crippen molar-refractivity contribution < 1.29 is 27.5 Å². The van der Waals surface area contributed by atoms with E-state index in [1.807, 2.05) is 39.8 Å². The molecule has 0 saturated carbocycles. The predicted molar refractivity (Wildman–Crippen MR) is 167 cm³/mol. The summed E-state index contributed by atoms with van der Waals surface area (Å²) in [5, 5.41) is 2.90. The number of aryl methyl sites for hydroxylation is 1. The van der Waals surface area contributed by atoms with Gasteiger partial charge < -0.3 is 19.7 Å². The molecule has 42 heavy (non-hydrogen) atoms. The molecule has 3 aromatic carbocycles.